The van der Waals surface area contributed by atoms with Crippen molar-refractivity contribution in [1.82, 2.24) is 4.90 Å². The lowest BCUT2D eigenvalue weighted by atomic mass is 10.2. The summed E-state index contributed by atoms with van der Waals surface area (Å²) in [7, 11) is 0. The Kier molecular flexibility index (Phi) is 2.84. The van der Waals surface area contributed by atoms with Gasteiger partial charge in [-0.1, -0.05) is 12.2 Å². The van der Waals surface area contributed by atoms with Crippen LogP contribution in [-0.2, 0) is 9.53 Å². The first kappa shape index (κ1) is 9.68. The fraction of sp³-hybridized carbons (Fsp3) is 0.700. The number of carboxylic acid groups (broad SMARTS) is 1. The van der Waals surface area contributed by atoms with Crippen LogP contribution in [0.15, 0.2) is 12.2 Å². The first-order chi connectivity index (χ1) is 6.75. The molecule has 4 heteroatoms. The highest BCUT2D eigenvalue weighted by Gasteiger charge is 2.31. The first-order valence-corrected chi connectivity index (χ1v) is 5.01. The van der Waals surface area contributed by atoms with Crippen molar-refractivity contribution < 1.29 is 14.6 Å². The van der Waals surface area contributed by atoms with Gasteiger partial charge in [0.05, 0.1) is 6.10 Å². The van der Waals surface area contributed by atoms with E-state index in [4.69, 9.17) is 9.84 Å². The van der Waals surface area contributed by atoms with Crippen molar-refractivity contribution in [1.29, 1.82) is 0 Å². The third-order valence-electron chi connectivity index (χ3n) is 2.74. The van der Waals surface area contributed by atoms with Crippen LogP contribution in [0.5, 0.6) is 0 Å². The van der Waals surface area contributed by atoms with Gasteiger partial charge in [-0.3, -0.25) is 4.90 Å². The standard InChI is InChI=1S/C10H15NO3/c12-10(13)9-4-3-8(14-9)7-11-5-1-2-6-11/h1-2,8-9H,3-7H2,(H,12,13). The smallest absolute Gasteiger partial charge is 0.332 e. The highest BCUT2D eigenvalue weighted by Crippen LogP contribution is 2.21. The molecule has 0 aromatic carbocycles. The van der Waals surface area contributed by atoms with E-state index in [1.165, 1.54) is 0 Å². The third-order valence-corrected chi connectivity index (χ3v) is 2.74. The molecule has 0 aromatic heterocycles. The summed E-state index contributed by atoms with van der Waals surface area (Å²) in [5, 5.41) is 8.74. The van der Waals surface area contributed by atoms with E-state index < -0.39 is 12.1 Å². The summed E-state index contributed by atoms with van der Waals surface area (Å²) < 4.78 is 5.42. The zero-order chi connectivity index (χ0) is 9.97. The molecule has 2 rings (SSSR count). The average Bonchev–Trinajstić information content (AvgIpc) is 2.75. The molecule has 2 atom stereocenters. The number of ether oxygens (including phenoxy) is 1. The largest absolute Gasteiger partial charge is 0.479 e. The molecule has 2 unspecified atom stereocenters. The summed E-state index contributed by atoms with van der Waals surface area (Å²) in [6, 6.07) is 0. The Balaban J connectivity index is 1.75. The van der Waals surface area contributed by atoms with Crippen LogP contribution in [0.1, 0.15) is 12.8 Å². The van der Waals surface area contributed by atoms with Crippen LogP contribution in [0.4, 0.5) is 0 Å². The van der Waals surface area contributed by atoms with Crippen molar-refractivity contribution in [3.8, 4) is 0 Å². The van der Waals surface area contributed by atoms with Crippen LogP contribution in [-0.4, -0.2) is 47.8 Å². The number of rotatable bonds is 3. The molecular weight excluding hydrogens is 182 g/mol. The van der Waals surface area contributed by atoms with Crippen LogP contribution in [0.25, 0.3) is 0 Å². The Hall–Kier alpha value is -0.870. The molecule has 0 saturated carbocycles. The fourth-order valence-electron chi connectivity index (χ4n) is 1.98. The minimum atomic E-state index is -0.827. The van der Waals surface area contributed by atoms with E-state index in [-0.39, 0.29) is 6.10 Å². The molecule has 1 N–H and O–H groups in total. The number of aliphatic carboxylic acids is 1. The van der Waals surface area contributed by atoms with Gasteiger partial charge in [-0.15, -0.1) is 0 Å². The van der Waals surface area contributed by atoms with E-state index in [0.717, 1.165) is 26.1 Å². The quantitative estimate of drug-likeness (QED) is 0.669. The molecular formula is C10H15NO3. The first-order valence-electron chi connectivity index (χ1n) is 5.01. The zero-order valence-electron chi connectivity index (χ0n) is 8.06. The van der Waals surface area contributed by atoms with Crippen molar-refractivity contribution in [2.45, 2.75) is 25.0 Å². The topological polar surface area (TPSA) is 49.8 Å². The lowest BCUT2D eigenvalue weighted by molar-refractivity contribution is -0.149. The molecule has 2 aliphatic heterocycles. The lowest BCUT2D eigenvalue weighted by Crippen LogP contribution is -2.31. The average molecular weight is 197 g/mol. The maximum Gasteiger partial charge on any atom is 0.332 e. The number of carboxylic acids is 1. The molecule has 0 spiro atoms. The fourth-order valence-corrected chi connectivity index (χ4v) is 1.98. The number of carbonyl (C=O) groups is 1. The van der Waals surface area contributed by atoms with Gasteiger partial charge in [-0.05, 0) is 12.8 Å². The molecule has 78 valence electrons. The molecule has 0 radical (unpaired) electrons. The number of nitrogens with zero attached hydrogens (tertiary/aromatic N) is 1. The summed E-state index contributed by atoms with van der Waals surface area (Å²) >= 11 is 0. The van der Waals surface area contributed by atoms with Gasteiger partial charge in [0.2, 0.25) is 0 Å². The Bertz CT molecular complexity index is 244. The van der Waals surface area contributed by atoms with Gasteiger partial charge in [0.25, 0.3) is 0 Å². The van der Waals surface area contributed by atoms with Crippen molar-refractivity contribution in [2.24, 2.45) is 0 Å². The number of hydrogen-bond donors (Lipinski definition) is 1. The molecule has 1 fully saturated rings. The molecule has 0 aromatic rings. The van der Waals surface area contributed by atoms with Crippen LogP contribution in [0, 0.1) is 0 Å². The maximum absolute atomic E-state index is 10.6. The van der Waals surface area contributed by atoms with Gasteiger partial charge < -0.3 is 9.84 Å². The van der Waals surface area contributed by atoms with E-state index in [1.807, 2.05) is 0 Å². The van der Waals surface area contributed by atoms with Gasteiger partial charge in [-0.2, -0.15) is 0 Å². The van der Waals surface area contributed by atoms with Gasteiger partial charge in [0.15, 0.2) is 6.10 Å². The molecule has 14 heavy (non-hydrogen) atoms. The molecule has 0 aliphatic carbocycles. The van der Waals surface area contributed by atoms with Crippen molar-refractivity contribution in [2.75, 3.05) is 19.6 Å². The van der Waals surface area contributed by atoms with Crippen LogP contribution in [0.2, 0.25) is 0 Å². The lowest BCUT2D eigenvalue weighted by Gasteiger charge is -2.19. The third kappa shape index (κ3) is 2.13. The van der Waals surface area contributed by atoms with Gasteiger partial charge in [-0.25, -0.2) is 4.79 Å². The Morgan fingerprint density at radius 2 is 2.14 bits per heavy atom. The van der Waals surface area contributed by atoms with Crippen molar-refractivity contribution in [3.63, 3.8) is 0 Å². The second-order valence-electron chi connectivity index (χ2n) is 3.85. The summed E-state index contributed by atoms with van der Waals surface area (Å²) in [6.07, 6.45) is 5.31. The highest BCUT2D eigenvalue weighted by molar-refractivity contribution is 5.72. The molecule has 2 heterocycles. The molecule has 4 nitrogen and oxygen atoms in total. The molecule has 2 aliphatic rings. The summed E-state index contributed by atoms with van der Waals surface area (Å²) in [4.78, 5) is 12.9. The molecule has 0 bridgehead atoms. The Labute approximate surface area is 83.2 Å². The van der Waals surface area contributed by atoms with Gasteiger partial charge in [0.1, 0.15) is 0 Å². The van der Waals surface area contributed by atoms with E-state index >= 15 is 0 Å². The van der Waals surface area contributed by atoms with E-state index in [9.17, 15) is 4.79 Å². The predicted molar refractivity (Wildman–Crippen MR) is 51.1 cm³/mol. The minimum Gasteiger partial charge on any atom is -0.479 e. The summed E-state index contributed by atoms with van der Waals surface area (Å²) in [6.45, 7) is 2.80. The second kappa shape index (κ2) is 4.11. The van der Waals surface area contributed by atoms with Crippen molar-refractivity contribution >= 4 is 5.97 Å². The molecule has 0 amide bonds. The van der Waals surface area contributed by atoms with E-state index in [1.54, 1.807) is 0 Å². The van der Waals surface area contributed by atoms with Gasteiger partial charge >= 0.3 is 5.97 Å². The normalized spacial score (nSPS) is 32.6. The summed E-state index contributed by atoms with van der Waals surface area (Å²) in [5.74, 6) is -0.827. The highest BCUT2D eigenvalue weighted by atomic mass is 16.5. The minimum absolute atomic E-state index is 0.107. The predicted octanol–water partition coefficient (Wildman–Crippen LogP) is 0.490. The SMILES string of the molecule is O=C(O)C1CCC(CN2CC=CC2)O1. The van der Waals surface area contributed by atoms with Crippen LogP contribution < -0.4 is 0 Å². The van der Waals surface area contributed by atoms with Gasteiger partial charge in [0, 0.05) is 19.6 Å². The second-order valence-corrected chi connectivity index (χ2v) is 3.85. The number of hydrogen-bond acceptors (Lipinski definition) is 3. The Morgan fingerprint density at radius 3 is 2.71 bits per heavy atom. The summed E-state index contributed by atoms with van der Waals surface area (Å²) in [5.41, 5.74) is 0. The monoisotopic (exact) mass is 197 g/mol. The van der Waals surface area contributed by atoms with E-state index in [2.05, 4.69) is 17.1 Å². The van der Waals surface area contributed by atoms with Crippen LogP contribution in [0.3, 0.4) is 0 Å². The van der Waals surface area contributed by atoms with Crippen LogP contribution >= 0.6 is 0 Å². The molecule has 1 saturated heterocycles. The maximum atomic E-state index is 10.6. The Morgan fingerprint density at radius 1 is 1.43 bits per heavy atom. The van der Waals surface area contributed by atoms with E-state index in [0.29, 0.717) is 6.42 Å². The zero-order valence-corrected chi connectivity index (χ0v) is 8.06. The van der Waals surface area contributed by atoms with Crippen molar-refractivity contribution in [3.05, 3.63) is 12.2 Å².